The molecule has 0 unspecified atom stereocenters. The number of carbonyl (C=O) groups excluding carboxylic acids is 1. The van der Waals surface area contributed by atoms with Gasteiger partial charge in [-0.3, -0.25) is 9.78 Å². The summed E-state index contributed by atoms with van der Waals surface area (Å²) >= 11 is 3.53. The summed E-state index contributed by atoms with van der Waals surface area (Å²) in [7, 11) is 0. The van der Waals surface area contributed by atoms with Crippen LogP contribution in [-0.4, -0.2) is 28.0 Å². The number of hydrogen-bond donors (Lipinski definition) is 3. The van der Waals surface area contributed by atoms with Crippen LogP contribution in [0, 0.1) is 0 Å². The van der Waals surface area contributed by atoms with E-state index in [-0.39, 0.29) is 18.0 Å². The predicted octanol–water partition coefficient (Wildman–Crippen LogP) is 5.80. The molecule has 1 saturated carbocycles. The van der Waals surface area contributed by atoms with Gasteiger partial charge in [-0.15, -0.1) is 0 Å². The molecule has 1 amide bonds. The lowest BCUT2D eigenvalue weighted by molar-refractivity contribution is 0.0946. The van der Waals surface area contributed by atoms with Crippen molar-refractivity contribution in [2.24, 2.45) is 5.73 Å². The average molecular weight is 546 g/mol. The monoisotopic (exact) mass is 545 g/mol. The van der Waals surface area contributed by atoms with Gasteiger partial charge in [0.05, 0.1) is 11.2 Å². The summed E-state index contributed by atoms with van der Waals surface area (Å²) in [6.45, 7) is 0.363. The Labute approximate surface area is 218 Å². The molecule has 2 aromatic heterocycles. The zero-order chi connectivity index (χ0) is 24.9. The van der Waals surface area contributed by atoms with Crippen LogP contribution in [0.15, 0.2) is 77.5 Å². The lowest BCUT2D eigenvalue weighted by atomic mass is 9.91. The zero-order valence-electron chi connectivity index (χ0n) is 19.8. The summed E-state index contributed by atoms with van der Waals surface area (Å²) in [5, 5.41) is 7.44. The third-order valence-electron chi connectivity index (χ3n) is 6.40. The maximum absolute atomic E-state index is 13.3. The van der Waals surface area contributed by atoms with Crippen LogP contribution in [0.3, 0.4) is 0 Å². The van der Waals surface area contributed by atoms with Crippen molar-refractivity contribution in [3.05, 3.63) is 88.8 Å². The predicted molar refractivity (Wildman–Crippen MR) is 145 cm³/mol. The van der Waals surface area contributed by atoms with E-state index in [0.29, 0.717) is 22.5 Å². The SMILES string of the molecule is NC1CCC(Nc2c(C(=O)NCc3ccc(Oc4ccccc4)cc3)nc(Br)c3cccnc23)CC1. The van der Waals surface area contributed by atoms with Gasteiger partial charge >= 0.3 is 0 Å². The Morgan fingerprint density at radius 1 is 0.972 bits per heavy atom. The van der Waals surface area contributed by atoms with E-state index >= 15 is 0 Å². The molecule has 36 heavy (non-hydrogen) atoms. The molecule has 7 nitrogen and oxygen atoms in total. The molecule has 0 aliphatic heterocycles. The van der Waals surface area contributed by atoms with Gasteiger partial charge in [0.15, 0.2) is 5.69 Å². The summed E-state index contributed by atoms with van der Waals surface area (Å²) in [6.07, 6.45) is 5.54. The number of amides is 1. The van der Waals surface area contributed by atoms with Crippen LogP contribution >= 0.6 is 15.9 Å². The van der Waals surface area contributed by atoms with Crippen LogP contribution in [0.25, 0.3) is 10.9 Å². The van der Waals surface area contributed by atoms with E-state index in [9.17, 15) is 4.79 Å². The molecule has 5 rings (SSSR count). The minimum absolute atomic E-state index is 0.224. The second kappa shape index (κ2) is 11.1. The minimum atomic E-state index is -0.261. The summed E-state index contributed by atoms with van der Waals surface area (Å²) < 4.78 is 6.44. The molecule has 0 radical (unpaired) electrons. The molecule has 4 N–H and O–H groups in total. The van der Waals surface area contributed by atoms with Crippen molar-refractivity contribution in [1.82, 2.24) is 15.3 Å². The van der Waals surface area contributed by atoms with Gasteiger partial charge in [0, 0.05) is 30.2 Å². The van der Waals surface area contributed by atoms with Crippen LogP contribution in [0.1, 0.15) is 41.7 Å². The summed E-state index contributed by atoms with van der Waals surface area (Å²) in [6, 6.07) is 21.6. The number of nitrogens with one attached hydrogen (secondary N) is 2. The Hall–Kier alpha value is -3.49. The fourth-order valence-corrected chi connectivity index (χ4v) is 4.93. The van der Waals surface area contributed by atoms with Crippen LogP contribution in [0.5, 0.6) is 11.5 Å². The summed E-state index contributed by atoms with van der Waals surface area (Å²) in [5.74, 6) is 1.25. The first-order valence-corrected chi connectivity index (χ1v) is 12.9. The van der Waals surface area contributed by atoms with Crippen molar-refractivity contribution in [3.8, 4) is 11.5 Å². The first-order chi connectivity index (χ1) is 17.6. The molecule has 8 heteroatoms. The average Bonchev–Trinajstić information content (AvgIpc) is 2.91. The van der Waals surface area contributed by atoms with Crippen molar-refractivity contribution in [3.63, 3.8) is 0 Å². The number of rotatable bonds is 7. The first kappa shape index (κ1) is 24.2. The van der Waals surface area contributed by atoms with Gasteiger partial charge in [0.1, 0.15) is 16.1 Å². The number of aromatic nitrogens is 2. The number of anilines is 1. The molecule has 1 aliphatic rings. The normalized spacial score (nSPS) is 17.5. The molecule has 0 bridgehead atoms. The molecule has 1 aliphatic carbocycles. The maximum atomic E-state index is 13.3. The van der Waals surface area contributed by atoms with Gasteiger partial charge in [-0.2, -0.15) is 0 Å². The Kier molecular flexibility index (Phi) is 7.44. The first-order valence-electron chi connectivity index (χ1n) is 12.1. The number of fused-ring (bicyclic) bond motifs is 1. The van der Waals surface area contributed by atoms with E-state index in [1.165, 1.54) is 0 Å². The Morgan fingerprint density at radius 2 is 1.69 bits per heavy atom. The molecule has 0 atom stereocenters. The molecular weight excluding hydrogens is 518 g/mol. The third kappa shape index (κ3) is 5.66. The van der Waals surface area contributed by atoms with Crippen LogP contribution in [-0.2, 0) is 6.54 Å². The third-order valence-corrected chi connectivity index (χ3v) is 7.01. The smallest absolute Gasteiger partial charge is 0.272 e. The van der Waals surface area contributed by atoms with E-state index in [2.05, 4.69) is 36.5 Å². The number of nitrogens with zero attached hydrogens (tertiary/aromatic N) is 2. The minimum Gasteiger partial charge on any atom is -0.457 e. The Bertz CT molecular complexity index is 1340. The second-order valence-electron chi connectivity index (χ2n) is 9.02. The van der Waals surface area contributed by atoms with Crippen LogP contribution in [0.4, 0.5) is 5.69 Å². The number of halogens is 1. The number of carbonyl (C=O) groups is 1. The number of para-hydroxylation sites is 1. The topological polar surface area (TPSA) is 102 Å². The summed E-state index contributed by atoms with van der Waals surface area (Å²) in [4.78, 5) is 22.5. The summed E-state index contributed by atoms with van der Waals surface area (Å²) in [5.41, 5.74) is 8.76. The van der Waals surface area contributed by atoms with Crippen LogP contribution < -0.4 is 21.1 Å². The Morgan fingerprint density at radius 3 is 2.44 bits per heavy atom. The van der Waals surface area contributed by atoms with E-state index in [4.69, 9.17) is 10.5 Å². The number of nitrogens with two attached hydrogens (primary N) is 1. The fourth-order valence-electron chi connectivity index (χ4n) is 4.43. The molecule has 2 heterocycles. The number of ether oxygens (including phenoxy) is 1. The lowest BCUT2D eigenvalue weighted by Crippen LogP contribution is -2.34. The number of benzene rings is 2. The van der Waals surface area contributed by atoms with Crippen molar-refractivity contribution in [1.29, 1.82) is 0 Å². The highest BCUT2D eigenvalue weighted by Gasteiger charge is 2.24. The van der Waals surface area contributed by atoms with Crippen molar-refractivity contribution in [2.75, 3.05) is 5.32 Å². The van der Waals surface area contributed by atoms with Gasteiger partial charge < -0.3 is 21.1 Å². The van der Waals surface area contributed by atoms with E-state index in [0.717, 1.165) is 53.6 Å². The molecule has 0 spiro atoms. The highest BCUT2D eigenvalue weighted by atomic mass is 79.9. The van der Waals surface area contributed by atoms with Crippen LogP contribution in [0.2, 0.25) is 0 Å². The van der Waals surface area contributed by atoms with E-state index in [1.807, 2.05) is 66.7 Å². The fraction of sp³-hybridized carbons (Fsp3) is 0.250. The largest absolute Gasteiger partial charge is 0.457 e. The molecule has 4 aromatic rings. The molecular formula is C28H28BrN5O2. The number of hydrogen-bond acceptors (Lipinski definition) is 6. The van der Waals surface area contributed by atoms with Gasteiger partial charge in [0.25, 0.3) is 5.91 Å². The van der Waals surface area contributed by atoms with Crippen molar-refractivity contribution >= 4 is 38.4 Å². The second-order valence-corrected chi connectivity index (χ2v) is 9.77. The zero-order valence-corrected chi connectivity index (χ0v) is 21.4. The van der Waals surface area contributed by atoms with Crippen molar-refractivity contribution < 1.29 is 9.53 Å². The standard InChI is InChI=1S/C28H28BrN5O2/c29-27-23-7-4-16-31-24(23)25(33-20-12-10-19(30)11-13-20)26(34-27)28(35)32-17-18-8-14-22(15-9-18)36-21-5-2-1-3-6-21/h1-9,14-16,19-20,33H,10-13,17,30H2,(H,32,35). The van der Waals surface area contributed by atoms with E-state index in [1.54, 1.807) is 6.20 Å². The van der Waals surface area contributed by atoms with Gasteiger partial charge in [-0.1, -0.05) is 30.3 Å². The molecule has 2 aromatic carbocycles. The quantitative estimate of drug-likeness (QED) is 0.254. The van der Waals surface area contributed by atoms with Gasteiger partial charge in [-0.25, -0.2) is 4.98 Å². The number of pyridine rings is 2. The molecule has 1 fully saturated rings. The highest BCUT2D eigenvalue weighted by molar-refractivity contribution is 9.10. The van der Waals surface area contributed by atoms with Gasteiger partial charge in [0.2, 0.25) is 0 Å². The van der Waals surface area contributed by atoms with Gasteiger partial charge in [-0.05, 0) is 83.6 Å². The Balaban J connectivity index is 1.32. The molecule has 0 saturated heterocycles. The van der Waals surface area contributed by atoms with Crippen molar-refractivity contribution in [2.45, 2.75) is 44.3 Å². The molecule has 184 valence electrons. The van der Waals surface area contributed by atoms with E-state index < -0.39 is 0 Å². The lowest BCUT2D eigenvalue weighted by Gasteiger charge is -2.28. The highest BCUT2D eigenvalue weighted by Crippen LogP contribution is 2.32. The maximum Gasteiger partial charge on any atom is 0.272 e.